The van der Waals surface area contributed by atoms with E-state index < -0.39 is 4.92 Å². The Balaban J connectivity index is 2.00. The van der Waals surface area contributed by atoms with E-state index in [9.17, 15) is 14.9 Å². The summed E-state index contributed by atoms with van der Waals surface area (Å²) in [5.41, 5.74) is 0.885. The van der Waals surface area contributed by atoms with E-state index in [1.807, 2.05) is 4.90 Å². The monoisotopic (exact) mass is 262 g/mol. The van der Waals surface area contributed by atoms with Gasteiger partial charge in [0, 0.05) is 24.7 Å². The summed E-state index contributed by atoms with van der Waals surface area (Å²) in [6.07, 6.45) is 3.63. The van der Waals surface area contributed by atoms with Crippen molar-refractivity contribution in [1.82, 2.24) is 4.90 Å². The van der Waals surface area contributed by atoms with Gasteiger partial charge in [-0.15, -0.1) is 0 Å². The van der Waals surface area contributed by atoms with E-state index >= 15 is 0 Å². The average Bonchev–Trinajstić information content (AvgIpc) is 2.39. The first-order valence-corrected chi connectivity index (χ1v) is 6.60. The minimum absolute atomic E-state index is 0.0579. The summed E-state index contributed by atoms with van der Waals surface area (Å²) >= 11 is 0. The molecule has 0 saturated carbocycles. The fraction of sp³-hybridized carbons (Fsp3) is 0.500. The van der Waals surface area contributed by atoms with Crippen molar-refractivity contribution in [2.45, 2.75) is 38.6 Å². The Kier molecular flexibility index (Phi) is 4.14. The summed E-state index contributed by atoms with van der Waals surface area (Å²) in [6.45, 7) is 2.90. The number of carbonyl (C=O) groups is 1. The molecule has 1 aromatic rings. The van der Waals surface area contributed by atoms with Crippen LogP contribution in [0, 0.1) is 10.1 Å². The second kappa shape index (κ2) is 5.82. The van der Waals surface area contributed by atoms with Gasteiger partial charge in [0.2, 0.25) is 5.91 Å². The number of piperidine rings is 1. The molecule has 0 spiro atoms. The van der Waals surface area contributed by atoms with Gasteiger partial charge in [-0.1, -0.05) is 12.1 Å². The number of likely N-dealkylation sites (tertiary alicyclic amines) is 1. The normalized spacial score (nSPS) is 19.2. The van der Waals surface area contributed by atoms with Crippen LogP contribution in [0.4, 0.5) is 5.69 Å². The van der Waals surface area contributed by atoms with Crippen LogP contribution in [0.1, 0.15) is 31.7 Å². The van der Waals surface area contributed by atoms with Crippen LogP contribution in [-0.2, 0) is 11.2 Å². The zero-order valence-electron chi connectivity index (χ0n) is 11.0. The summed E-state index contributed by atoms with van der Waals surface area (Å²) in [4.78, 5) is 24.2. The van der Waals surface area contributed by atoms with Gasteiger partial charge in [-0.2, -0.15) is 0 Å². The molecule has 1 aromatic carbocycles. The Morgan fingerprint density at radius 1 is 1.37 bits per heavy atom. The maximum absolute atomic E-state index is 12.2. The minimum atomic E-state index is -0.432. The van der Waals surface area contributed by atoms with Crippen molar-refractivity contribution in [3.63, 3.8) is 0 Å². The molecule has 1 aliphatic heterocycles. The zero-order chi connectivity index (χ0) is 13.8. The molecule has 1 aliphatic rings. The van der Waals surface area contributed by atoms with E-state index in [0.717, 1.165) is 24.9 Å². The first-order chi connectivity index (χ1) is 9.08. The fourth-order valence-corrected chi connectivity index (χ4v) is 2.48. The third-order valence-corrected chi connectivity index (χ3v) is 3.63. The highest BCUT2D eigenvalue weighted by Gasteiger charge is 2.23. The lowest BCUT2D eigenvalue weighted by Gasteiger charge is -2.33. The van der Waals surface area contributed by atoms with Crippen LogP contribution in [0.2, 0.25) is 0 Å². The topological polar surface area (TPSA) is 63.5 Å². The summed E-state index contributed by atoms with van der Waals surface area (Å²) < 4.78 is 0. The lowest BCUT2D eigenvalue weighted by Crippen LogP contribution is -2.42. The highest BCUT2D eigenvalue weighted by molar-refractivity contribution is 5.79. The van der Waals surface area contributed by atoms with Crippen LogP contribution in [0.25, 0.3) is 0 Å². The van der Waals surface area contributed by atoms with Gasteiger partial charge in [-0.3, -0.25) is 14.9 Å². The van der Waals surface area contributed by atoms with E-state index in [2.05, 4.69) is 6.92 Å². The Morgan fingerprint density at radius 3 is 2.63 bits per heavy atom. The second-order valence-corrected chi connectivity index (χ2v) is 5.03. The number of amides is 1. The first kappa shape index (κ1) is 13.5. The maximum Gasteiger partial charge on any atom is 0.269 e. The predicted molar refractivity (Wildman–Crippen MR) is 71.8 cm³/mol. The lowest BCUT2D eigenvalue weighted by molar-refractivity contribution is -0.384. The first-order valence-electron chi connectivity index (χ1n) is 6.60. The highest BCUT2D eigenvalue weighted by atomic mass is 16.6. The summed E-state index contributed by atoms with van der Waals surface area (Å²) in [6, 6.07) is 6.51. The molecule has 5 nitrogen and oxygen atoms in total. The lowest BCUT2D eigenvalue weighted by atomic mass is 10.0. The van der Waals surface area contributed by atoms with Crippen molar-refractivity contribution in [3.05, 3.63) is 39.9 Å². The number of nitro groups is 1. The van der Waals surface area contributed by atoms with Crippen LogP contribution in [0.5, 0.6) is 0 Å². The molecule has 1 atom stereocenters. The average molecular weight is 262 g/mol. The van der Waals surface area contributed by atoms with E-state index in [1.54, 1.807) is 12.1 Å². The summed E-state index contributed by atoms with van der Waals surface area (Å²) in [7, 11) is 0. The number of nitrogens with zero attached hydrogens (tertiary/aromatic N) is 2. The Hall–Kier alpha value is -1.91. The molecule has 0 aromatic heterocycles. The van der Waals surface area contributed by atoms with Gasteiger partial charge in [-0.25, -0.2) is 0 Å². The standard InChI is InChI=1S/C14H18N2O3/c1-11-4-2-3-9-15(11)14(17)10-12-5-7-13(8-6-12)16(18)19/h5-8,11H,2-4,9-10H2,1H3/t11-/m1/s1. The fourth-order valence-electron chi connectivity index (χ4n) is 2.48. The van der Waals surface area contributed by atoms with Crippen LogP contribution < -0.4 is 0 Å². The van der Waals surface area contributed by atoms with E-state index in [-0.39, 0.29) is 11.6 Å². The van der Waals surface area contributed by atoms with Crippen LogP contribution >= 0.6 is 0 Å². The molecular weight excluding hydrogens is 244 g/mol. The molecule has 2 rings (SSSR count). The number of hydrogen-bond acceptors (Lipinski definition) is 3. The minimum Gasteiger partial charge on any atom is -0.340 e. The quantitative estimate of drug-likeness (QED) is 0.621. The van der Waals surface area contributed by atoms with Gasteiger partial charge in [-0.05, 0) is 31.7 Å². The number of nitro benzene ring substituents is 1. The van der Waals surface area contributed by atoms with Crippen LogP contribution in [0.3, 0.4) is 0 Å². The molecular formula is C14H18N2O3. The number of carbonyl (C=O) groups excluding carboxylic acids is 1. The van der Waals surface area contributed by atoms with Crippen molar-refractivity contribution in [2.75, 3.05) is 6.54 Å². The molecule has 5 heteroatoms. The van der Waals surface area contributed by atoms with Gasteiger partial charge in [0.05, 0.1) is 11.3 Å². The molecule has 0 radical (unpaired) electrons. The Labute approximate surface area is 112 Å². The van der Waals surface area contributed by atoms with Crippen molar-refractivity contribution >= 4 is 11.6 Å². The number of hydrogen-bond donors (Lipinski definition) is 0. The van der Waals surface area contributed by atoms with Crippen molar-refractivity contribution < 1.29 is 9.72 Å². The van der Waals surface area contributed by atoms with Crippen LogP contribution in [-0.4, -0.2) is 28.3 Å². The summed E-state index contributed by atoms with van der Waals surface area (Å²) in [5.74, 6) is 0.112. The summed E-state index contributed by atoms with van der Waals surface area (Å²) in [5, 5.41) is 10.6. The van der Waals surface area contributed by atoms with E-state index in [1.165, 1.54) is 18.6 Å². The molecule has 0 N–H and O–H groups in total. The molecule has 1 amide bonds. The molecule has 1 heterocycles. The number of benzene rings is 1. The maximum atomic E-state index is 12.2. The van der Waals surface area contributed by atoms with Gasteiger partial charge >= 0.3 is 0 Å². The molecule has 0 bridgehead atoms. The Bertz CT molecular complexity index is 470. The van der Waals surface area contributed by atoms with Gasteiger partial charge in [0.1, 0.15) is 0 Å². The molecule has 1 fully saturated rings. The third-order valence-electron chi connectivity index (χ3n) is 3.63. The zero-order valence-corrected chi connectivity index (χ0v) is 11.0. The Morgan fingerprint density at radius 2 is 2.05 bits per heavy atom. The van der Waals surface area contributed by atoms with E-state index in [0.29, 0.717) is 12.5 Å². The number of rotatable bonds is 3. The SMILES string of the molecule is C[C@@H]1CCCCN1C(=O)Cc1ccc([N+](=O)[O-])cc1. The predicted octanol–water partition coefficient (Wildman–Crippen LogP) is 2.54. The largest absolute Gasteiger partial charge is 0.340 e. The number of non-ortho nitro benzene ring substituents is 1. The second-order valence-electron chi connectivity index (χ2n) is 5.03. The highest BCUT2D eigenvalue weighted by Crippen LogP contribution is 2.18. The molecule has 0 unspecified atom stereocenters. The third kappa shape index (κ3) is 3.30. The molecule has 102 valence electrons. The van der Waals surface area contributed by atoms with Gasteiger partial charge in [0.25, 0.3) is 5.69 Å². The van der Waals surface area contributed by atoms with Gasteiger partial charge < -0.3 is 4.90 Å². The molecule has 1 saturated heterocycles. The molecule has 19 heavy (non-hydrogen) atoms. The smallest absolute Gasteiger partial charge is 0.269 e. The molecule has 0 aliphatic carbocycles. The van der Waals surface area contributed by atoms with Crippen molar-refractivity contribution in [1.29, 1.82) is 0 Å². The van der Waals surface area contributed by atoms with Crippen molar-refractivity contribution in [2.24, 2.45) is 0 Å². The van der Waals surface area contributed by atoms with E-state index in [4.69, 9.17) is 0 Å². The van der Waals surface area contributed by atoms with Crippen LogP contribution in [0.15, 0.2) is 24.3 Å². The van der Waals surface area contributed by atoms with Crippen molar-refractivity contribution in [3.8, 4) is 0 Å². The van der Waals surface area contributed by atoms with Gasteiger partial charge in [0.15, 0.2) is 0 Å².